The number of benzene rings is 1. The zero-order valence-electron chi connectivity index (χ0n) is 11.8. The summed E-state index contributed by atoms with van der Waals surface area (Å²) in [6.45, 7) is 0.497. The lowest BCUT2D eigenvalue weighted by Crippen LogP contribution is -2.54. The minimum absolute atomic E-state index is 0.0472. The van der Waals surface area contributed by atoms with E-state index < -0.39 is 0 Å². The highest BCUT2D eigenvalue weighted by molar-refractivity contribution is 6.02. The normalized spacial score (nSPS) is 34.4. The summed E-state index contributed by atoms with van der Waals surface area (Å²) in [5, 5.41) is 0. The predicted octanol–water partition coefficient (Wildman–Crippen LogP) is 2.54. The van der Waals surface area contributed by atoms with E-state index in [-0.39, 0.29) is 35.9 Å². The van der Waals surface area contributed by atoms with Gasteiger partial charge >= 0.3 is 0 Å². The molecule has 0 aromatic heterocycles. The lowest BCUT2D eigenvalue weighted by Gasteiger charge is -2.42. The average Bonchev–Trinajstić information content (AvgIpc) is 3.06. The second kappa shape index (κ2) is 4.65. The Labute approximate surface area is 123 Å². The molecule has 21 heavy (non-hydrogen) atoms. The van der Waals surface area contributed by atoms with Crippen molar-refractivity contribution in [3.8, 4) is 0 Å². The van der Waals surface area contributed by atoms with Crippen molar-refractivity contribution in [3.05, 3.63) is 35.6 Å². The molecule has 2 unspecified atom stereocenters. The summed E-state index contributed by atoms with van der Waals surface area (Å²) in [5.41, 5.74) is 0.931. The Bertz CT molecular complexity index is 597. The number of amides is 1. The van der Waals surface area contributed by atoms with Crippen LogP contribution in [0, 0.1) is 23.6 Å². The van der Waals surface area contributed by atoms with Crippen LogP contribution in [0.15, 0.2) is 24.3 Å². The molecule has 3 nitrogen and oxygen atoms in total. The van der Waals surface area contributed by atoms with E-state index in [2.05, 4.69) is 0 Å². The van der Waals surface area contributed by atoms with Gasteiger partial charge in [-0.2, -0.15) is 0 Å². The van der Waals surface area contributed by atoms with E-state index in [1.807, 2.05) is 4.90 Å². The molecule has 2 saturated carbocycles. The van der Waals surface area contributed by atoms with Crippen LogP contribution in [0.3, 0.4) is 0 Å². The van der Waals surface area contributed by atoms with E-state index >= 15 is 0 Å². The molecule has 4 rings (SSSR count). The van der Waals surface area contributed by atoms with E-state index in [1.165, 1.54) is 12.1 Å². The van der Waals surface area contributed by atoms with Gasteiger partial charge in [-0.05, 0) is 48.8 Å². The molecule has 1 aliphatic heterocycles. The summed E-state index contributed by atoms with van der Waals surface area (Å²) < 4.78 is 13.0. The first kappa shape index (κ1) is 13.0. The van der Waals surface area contributed by atoms with Gasteiger partial charge in [-0.3, -0.25) is 9.59 Å². The second-order valence-corrected chi connectivity index (χ2v) is 6.64. The van der Waals surface area contributed by atoms with Gasteiger partial charge in [0.1, 0.15) is 11.6 Å². The highest BCUT2D eigenvalue weighted by Gasteiger charge is 2.56. The van der Waals surface area contributed by atoms with Crippen molar-refractivity contribution in [2.45, 2.75) is 38.3 Å². The number of rotatable bonds is 2. The molecule has 1 aromatic carbocycles. The van der Waals surface area contributed by atoms with Gasteiger partial charge in [0, 0.05) is 18.5 Å². The van der Waals surface area contributed by atoms with Gasteiger partial charge in [0.15, 0.2) is 0 Å². The van der Waals surface area contributed by atoms with Crippen molar-refractivity contribution >= 4 is 11.7 Å². The van der Waals surface area contributed by atoms with E-state index in [0.29, 0.717) is 18.4 Å². The largest absolute Gasteiger partial charge is 0.334 e. The number of carbonyl (C=O) groups excluding carboxylic acids is 2. The molecular formula is C17H18FNO2. The van der Waals surface area contributed by atoms with Gasteiger partial charge in [-0.25, -0.2) is 4.39 Å². The molecule has 110 valence electrons. The number of halogens is 1. The third-order valence-electron chi connectivity index (χ3n) is 5.52. The number of likely N-dealkylation sites (tertiary alicyclic amines) is 1. The molecule has 3 fully saturated rings. The Morgan fingerprint density at radius 3 is 2.57 bits per heavy atom. The summed E-state index contributed by atoms with van der Waals surface area (Å²) in [6.07, 6.45) is 3.41. The zero-order chi connectivity index (χ0) is 14.6. The van der Waals surface area contributed by atoms with Crippen molar-refractivity contribution in [2.24, 2.45) is 17.8 Å². The Morgan fingerprint density at radius 2 is 1.81 bits per heavy atom. The van der Waals surface area contributed by atoms with Crippen LogP contribution in [0.4, 0.5) is 4.39 Å². The fourth-order valence-corrected chi connectivity index (χ4v) is 4.68. The number of fused-ring (bicyclic) bond motifs is 5. The SMILES string of the molecule is O=C1CC(=O)N(Cc2ccc(F)cc2)C2C1[C@H]1CC[C@@H]2C1. The Balaban J connectivity index is 1.62. The molecule has 1 saturated heterocycles. The summed E-state index contributed by atoms with van der Waals surface area (Å²) in [4.78, 5) is 26.4. The second-order valence-electron chi connectivity index (χ2n) is 6.64. The molecule has 4 atom stereocenters. The van der Waals surface area contributed by atoms with Crippen molar-refractivity contribution in [2.75, 3.05) is 0 Å². The van der Waals surface area contributed by atoms with Gasteiger partial charge in [0.2, 0.25) is 5.91 Å². The third kappa shape index (κ3) is 2.00. The monoisotopic (exact) mass is 287 g/mol. The number of carbonyl (C=O) groups is 2. The summed E-state index contributed by atoms with van der Waals surface area (Å²) in [5.74, 6) is 0.842. The van der Waals surface area contributed by atoms with Crippen molar-refractivity contribution in [1.82, 2.24) is 4.90 Å². The van der Waals surface area contributed by atoms with Crippen LogP contribution in [0.1, 0.15) is 31.2 Å². The predicted molar refractivity (Wildman–Crippen MR) is 74.7 cm³/mol. The standard InChI is InChI=1S/C17H18FNO2/c18-13-5-1-10(2-6-13)9-19-15(21)8-14(20)16-11-3-4-12(7-11)17(16)19/h1-2,5-6,11-12,16-17H,3-4,7-9H2/t11-,12+,16?,17?/m0/s1. The molecule has 0 radical (unpaired) electrons. The van der Waals surface area contributed by atoms with E-state index in [0.717, 1.165) is 24.8 Å². The lowest BCUT2D eigenvalue weighted by molar-refractivity contribution is -0.149. The van der Waals surface area contributed by atoms with Gasteiger partial charge in [0.05, 0.1) is 6.42 Å². The van der Waals surface area contributed by atoms with Gasteiger partial charge in [0.25, 0.3) is 0 Å². The summed E-state index contributed by atoms with van der Waals surface area (Å²) >= 11 is 0. The molecule has 4 heteroatoms. The molecule has 1 heterocycles. The quantitative estimate of drug-likeness (QED) is 0.784. The van der Waals surface area contributed by atoms with Crippen LogP contribution in [0.5, 0.6) is 0 Å². The first-order chi connectivity index (χ1) is 10.1. The molecule has 0 spiro atoms. The molecule has 0 N–H and O–H groups in total. The van der Waals surface area contributed by atoms with Crippen molar-refractivity contribution in [3.63, 3.8) is 0 Å². The Hall–Kier alpha value is -1.71. The number of Topliss-reactive ketones (excluding diaryl/α,β-unsaturated/α-hetero) is 1. The zero-order valence-corrected chi connectivity index (χ0v) is 11.8. The number of ketones is 1. The smallest absolute Gasteiger partial charge is 0.230 e. The fraction of sp³-hybridized carbons (Fsp3) is 0.529. The first-order valence-electron chi connectivity index (χ1n) is 7.70. The van der Waals surface area contributed by atoms with Crippen molar-refractivity contribution < 1.29 is 14.0 Å². The van der Waals surface area contributed by atoms with Crippen LogP contribution in [-0.2, 0) is 16.1 Å². The van der Waals surface area contributed by atoms with Gasteiger partial charge in [-0.1, -0.05) is 12.1 Å². The Morgan fingerprint density at radius 1 is 1.10 bits per heavy atom. The highest BCUT2D eigenvalue weighted by atomic mass is 19.1. The van der Waals surface area contributed by atoms with Crippen LogP contribution < -0.4 is 0 Å². The minimum atomic E-state index is -0.267. The maximum absolute atomic E-state index is 13.0. The van der Waals surface area contributed by atoms with E-state index in [1.54, 1.807) is 12.1 Å². The number of nitrogens with zero attached hydrogens (tertiary/aromatic N) is 1. The van der Waals surface area contributed by atoms with Gasteiger partial charge < -0.3 is 4.90 Å². The first-order valence-corrected chi connectivity index (χ1v) is 7.70. The maximum Gasteiger partial charge on any atom is 0.230 e. The average molecular weight is 287 g/mol. The summed E-state index contributed by atoms with van der Waals surface area (Å²) in [7, 11) is 0. The topological polar surface area (TPSA) is 37.4 Å². The number of piperidine rings is 1. The molecule has 1 aromatic rings. The molecule has 2 aliphatic carbocycles. The summed E-state index contributed by atoms with van der Waals surface area (Å²) in [6, 6.07) is 6.38. The van der Waals surface area contributed by atoms with E-state index in [4.69, 9.17) is 0 Å². The number of hydrogen-bond acceptors (Lipinski definition) is 2. The van der Waals surface area contributed by atoms with Crippen LogP contribution in [-0.4, -0.2) is 22.6 Å². The minimum Gasteiger partial charge on any atom is -0.334 e. The van der Waals surface area contributed by atoms with Gasteiger partial charge in [-0.15, -0.1) is 0 Å². The van der Waals surface area contributed by atoms with Crippen LogP contribution in [0.2, 0.25) is 0 Å². The van der Waals surface area contributed by atoms with Crippen molar-refractivity contribution in [1.29, 1.82) is 0 Å². The fourth-order valence-electron chi connectivity index (χ4n) is 4.68. The van der Waals surface area contributed by atoms with Crippen LogP contribution in [0.25, 0.3) is 0 Å². The lowest BCUT2D eigenvalue weighted by atomic mass is 9.77. The highest BCUT2D eigenvalue weighted by Crippen LogP contribution is 2.53. The molecule has 3 aliphatic rings. The molecule has 1 amide bonds. The number of hydrogen-bond donors (Lipinski definition) is 0. The molecule has 2 bridgehead atoms. The van der Waals surface area contributed by atoms with Crippen LogP contribution >= 0.6 is 0 Å². The molecular weight excluding hydrogens is 269 g/mol. The van der Waals surface area contributed by atoms with E-state index in [9.17, 15) is 14.0 Å². The third-order valence-corrected chi connectivity index (χ3v) is 5.52. The Kier molecular flexibility index (Phi) is 2.88. The maximum atomic E-state index is 13.0.